The summed E-state index contributed by atoms with van der Waals surface area (Å²) in [4.78, 5) is 25.3. The highest BCUT2D eigenvalue weighted by molar-refractivity contribution is 7.98. The van der Waals surface area contributed by atoms with E-state index in [4.69, 9.17) is 5.11 Å². The highest BCUT2D eigenvalue weighted by Crippen LogP contribution is 2.35. The van der Waals surface area contributed by atoms with E-state index in [0.717, 1.165) is 41.1 Å². The number of carboxylic acid groups (broad SMARTS) is 1. The molecule has 2 heterocycles. The molecule has 1 atom stereocenters. The van der Waals surface area contributed by atoms with Gasteiger partial charge in [0.25, 0.3) is 0 Å². The molecule has 3 aromatic rings. The van der Waals surface area contributed by atoms with Crippen molar-refractivity contribution in [3.63, 3.8) is 0 Å². The topological polar surface area (TPSA) is 71.8 Å². The van der Waals surface area contributed by atoms with E-state index in [0.29, 0.717) is 19.2 Å². The molecular weight excluding hydrogens is 464 g/mol. The molecule has 1 aliphatic heterocycles. The Hall–Kier alpha value is -3.21. The first-order valence-electron chi connectivity index (χ1n) is 9.88. The molecule has 0 radical (unpaired) electrons. The van der Waals surface area contributed by atoms with Gasteiger partial charge in [0.2, 0.25) is 5.43 Å². The molecule has 4 rings (SSSR count). The first-order chi connectivity index (χ1) is 15.7. The third-order valence-electron chi connectivity index (χ3n) is 5.49. The zero-order valence-electron chi connectivity index (χ0n) is 17.3. The molecule has 6 nitrogen and oxygen atoms in total. The fraction of sp³-hybridized carbons (Fsp3) is 0.273. The molecule has 0 amide bonds. The number of hydrogen-bond donors (Lipinski definition) is 1. The monoisotopic (exact) mass is 482 g/mol. The van der Waals surface area contributed by atoms with Crippen molar-refractivity contribution in [2.24, 2.45) is 5.92 Å². The number of rotatable bonds is 5. The Morgan fingerprint density at radius 1 is 1.21 bits per heavy atom. The molecule has 11 heteroatoms. The zero-order chi connectivity index (χ0) is 23.9. The van der Waals surface area contributed by atoms with Crippen molar-refractivity contribution in [1.29, 1.82) is 0 Å². The van der Waals surface area contributed by atoms with Gasteiger partial charge in [-0.1, -0.05) is 0 Å². The predicted molar refractivity (Wildman–Crippen MR) is 117 cm³/mol. The molecule has 1 aromatic heterocycles. The number of aromatic nitrogens is 1. The summed E-state index contributed by atoms with van der Waals surface area (Å²) >= 11 is 1.62. The lowest BCUT2D eigenvalue weighted by Gasteiger charge is -2.22. The van der Waals surface area contributed by atoms with E-state index in [1.165, 1.54) is 4.90 Å². The first kappa shape index (κ1) is 23.0. The maximum atomic E-state index is 15.8. The van der Waals surface area contributed by atoms with Crippen LogP contribution in [0.1, 0.15) is 6.42 Å². The van der Waals surface area contributed by atoms with Gasteiger partial charge < -0.3 is 19.3 Å². The van der Waals surface area contributed by atoms with E-state index >= 15 is 8.78 Å². The third-order valence-corrected chi connectivity index (χ3v) is 6.30. The van der Waals surface area contributed by atoms with Crippen molar-refractivity contribution in [2.75, 3.05) is 30.0 Å². The van der Waals surface area contributed by atoms with Crippen LogP contribution in [-0.4, -0.2) is 40.9 Å². The fourth-order valence-corrected chi connectivity index (χ4v) is 4.85. The second-order valence-corrected chi connectivity index (χ2v) is 8.54. The fourth-order valence-electron chi connectivity index (χ4n) is 4.11. The van der Waals surface area contributed by atoms with Crippen LogP contribution in [-0.2, 0) is 0 Å². The van der Waals surface area contributed by atoms with E-state index in [1.807, 2.05) is 6.26 Å². The molecule has 0 saturated carbocycles. The Morgan fingerprint density at radius 2 is 1.97 bits per heavy atom. The van der Waals surface area contributed by atoms with Crippen molar-refractivity contribution in [2.45, 2.75) is 6.42 Å². The van der Waals surface area contributed by atoms with Gasteiger partial charge in [0, 0.05) is 19.2 Å². The highest BCUT2D eigenvalue weighted by Gasteiger charge is 2.30. The number of hydrogen-bond acceptors (Lipinski definition) is 5. The van der Waals surface area contributed by atoms with Gasteiger partial charge in [-0.05, 0) is 42.5 Å². The summed E-state index contributed by atoms with van der Waals surface area (Å²) in [5.41, 5.74) is -2.31. The summed E-state index contributed by atoms with van der Waals surface area (Å²) in [6.07, 6.45) is 1.61. The number of nitrogens with zero attached hydrogens (tertiary/aromatic N) is 2. The van der Waals surface area contributed by atoms with Gasteiger partial charge in [0.1, 0.15) is 23.1 Å². The lowest BCUT2D eigenvalue weighted by atomic mass is 10.1. The summed E-state index contributed by atoms with van der Waals surface area (Å²) in [5, 5.41) is 8.39. The molecule has 2 aromatic carbocycles. The average Bonchev–Trinajstić information content (AvgIpc) is 3.18. The van der Waals surface area contributed by atoms with E-state index in [-0.39, 0.29) is 17.3 Å². The standard InChI is InChI=1S/C22H18F4N2O4S/c1-33-10-11-4-5-27(8-11)20-15(25)7-13-19(18(20)26)28(9-17(21(13)29)32-22(30)31)16-3-2-12(23)6-14(16)24/h2-3,6-7,9,11H,4-5,8,10H2,1H3,(H,30,31). The Bertz CT molecular complexity index is 1310. The van der Waals surface area contributed by atoms with Gasteiger partial charge in [0.15, 0.2) is 11.6 Å². The average molecular weight is 482 g/mol. The highest BCUT2D eigenvalue weighted by atomic mass is 32.2. The molecule has 1 saturated heterocycles. The van der Waals surface area contributed by atoms with Crippen LogP contribution < -0.4 is 15.1 Å². The van der Waals surface area contributed by atoms with Crippen molar-refractivity contribution >= 4 is 34.5 Å². The molecule has 0 aliphatic carbocycles. The minimum absolute atomic E-state index is 0.220. The number of anilines is 1. The Morgan fingerprint density at radius 3 is 2.64 bits per heavy atom. The van der Waals surface area contributed by atoms with Gasteiger partial charge in [0.05, 0.1) is 22.8 Å². The lowest BCUT2D eigenvalue weighted by Crippen LogP contribution is -2.24. The summed E-state index contributed by atoms with van der Waals surface area (Å²) in [5.74, 6) is -3.88. The van der Waals surface area contributed by atoms with E-state index in [9.17, 15) is 18.4 Å². The zero-order valence-corrected chi connectivity index (χ0v) is 18.1. The van der Waals surface area contributed by atoms with Gasteiger partial charge >= 0.3 is 6.16 Å². The summed E-state index contributed by atoms with van der Waals surface area (Å²) in [6, 6.07) is 3.24. The van der Waals surface area contributed by atoms with Crippen LogP contribution in [0.4, 0.5) is 28.0 Å². The van der Waals surface area contributed by atoms with Gasteiger partial charge in [-0.25, -0.2) is 22.4 Å². The van der Waals surface area contributed by atoms with E-state index in [2.05, 4.69) is 4.74 Å². The normalized spacial score (nSPS) is 15.9. The molecule has 1 fully saturated rings. The van der Waals surface area contributed by atoms with Gasteiger partial charge in [-0.15, -0.1) is 0 Å². The molecule has 1 unspecified atom stereocenters. The smallest absolute Gasteiger partial charge is 0.449 e. The van der Waals surface area contributed by atoms with Crippen LogP contribution in [0.5, 0.6) is 5.75 Å². The summed E-state index contributed by atoms with van der Waals surface area (Å²) < 4.78 is 64.2. The Labute approximate surface area is 189 Å². The minimum Gasteiger partial charge on any atom is -0.449 e. The molecule has 33 heavy (non-hydrogen) atoms. The molecule has 174 valence electrons. The van der Waals surface area contributed by atoms with Crippen LogP contribution >= 0.6 is 11.8 Å². The number of ether oxygens (including phenoxy) is 1. The number of pyridine rings is 1. The number of thioether (sulfide) groups is 1. The molecular formula is C22H18F4N2O4S. The van der Waals surface area contributed by atoms with Gasteiger partial charge in [-0.2, -0.15) is 11.8 Å². The molecule has 1 aliphatic rings. The summed E-state index contributed by atoms with van der Waals surface area (Å²) in [7, 11) is 0. The number of benzene rings is 2. The van der Waals surface area contributed by atoms with Crippen LogP contribution in [0, 0.1) is 29.2 Å². The van der Waals surface area contributed by atoms with Crippen LogP contribution in [0.2, 0.25) is 0 Å². The minimum atomic E-state index is -1.84. The maximum Gasteiger partial charge on any atom is 0.511 e. The van der Waals surface area contributed by atoms with Gasteiger partial charge in [-0.3, -0.25) is 4.79 Å². The van der Waals surface area contributed by atoms with E-state index in [1.54, 1.807) is 11.8 Å². The number of carbonyl (C=O) groups is 1. The molecule has 0 spiro atoms. The number of halogens is 4. The van der Waals surface area contributed by atoms with Crippen LogP contribution in [0.3, 0.4) is 0 Å². The Balaban J connectivity index is 2.00. The quantitative estimate of drug-likeness (QED) is 0.417. The molecule has 1 N–H and O–H groups in total. The number of fused-ring (bicyclic) bond motifs is 1. The second-order valence-electron chi connectivity index (χ2n) is 7.63. The van der Waals surface area contributed by atoms with E-state index < -0.39 is 51.5 Å². The van der Waals surface area contributed by atoms with Crippen molar-refractivity contribution in [1.82, 2.24) is 4.57 Å². The SMILES string of the molecule is CSCC1CCN(c2c(F)cc3c(=O)c(OC(=O)O)cn(-c4ccc(F)cc4F)c3c2F)C1. The van der Waals surface area contributed by atoms with Crippen molar-refractivity contribution in [3.05, 3.63) is 64.0 Å². The van der Waals surface area contributed by atoms with Crippen molar-refractivity contribution < 1.29 is 32.2 Å². The lowest BCUT2D eigenvalue weighted by molar-refractivity contribution is 0.144. The largest absolute Gasteiger partial charge is 0.511 e. The maximum absolute atomic E-state index is 15.8. The third kappa shape index (κ3) is 4.24. The first-order valence-corrected chi connectivity index (χ1v) is 11.3. The summed E-state index contributed by atoms with van der Waals surface area (Å²) in [6.45, 7) is 0.787. The van der Waals surface area contributed by atoms with Crippen molar-refractivity contribution in [3.8, 4) is 11.4 Å². The van der Waals surface area contributed by atoms with Crippen LogP contribution in [0.15, 0.2) is 35.3 Å². The van der Waals surface area contributed by atoms with Crippen LogP contribution in [0.25, 0.3) is 16.6 Å². The Kier molecular flexibility index (Phi) is 6.24. The second kappa shape index (κ2) is 8.97. The molecule has 0 bridgehead atoms. The predicted octanol–water partition coefficient (Wildman–Crippen LogP) is 4.79.